The first-order valence-electron chi connectivity index (χ1n) is 6.41. The van der Waals surface area contributed by atoms with Gasteiger partial charge in [0.05, 0.1) is 13.4 Å². The van der Waals surface area contributed by atoms with Gasteiger partial charge in [-0.2, -0.15) is 0 Å². The summed E-state index contributed by atoms with van der Waals surface area (Å²) >= 11 is 0. The predicted octanol–water partition coefficient (Wildman–Crippen LogP) is 3.04. The lowest BCUT2D eigenvalue weighted by molar-refractivity contribution is 0.248. The van der Waals surface area contributed by atoms with Gasteiger partial charge in [0.1, 0.15) is 11.5 Å². The van der Waals surface area contributed by atoms with Crippen LogP contribution < -0.4 is 15.4 Å². The van der Waals surface area contributed by atoms with E-state index in [0.717, 1.165) is 5.76 Å². The van der Waals surface area contributed by atoms with E-state index < -0.39 is 0 Å². The Bertz CT molecular complexity index is 552. The van der Waals surface area contributed by atoms with Gasteiger partial charge in [-0.1, -0.05) is 6.07 Å². The highest BCUT2D eigenvalue weighted by Crippen LogP contribution is 2.16. The fraction of sp³-hybridized carbons (Fsp3) is 0.267. The van der Waals surface area contributed by atoms with Crippen LogP contribution in [-0.2, 0) is 6.42 Å². The molecule has 0 aliphatic rings. The third-order valence-electron chi connectivity index (χ3n) is 2.79. The zero-order valence-corrected chi connectivity index (χ0v) is 11.6. The summed E-state index contributed by atoms with van der Waals surface area (Å²) in [6.07, 6.45) is 2.27. The van der Waals surface area contributed by atoms with Crippen molar-refractivity contribution in [2.45, 2.75) is 19.4 Å². The number of urea groups is 1. The summed E-state index contributed by atoms with van der Waals surface area (Å²) in [5.74, 6) is 1.55. The molecule has 1 unspecified atom stereocenters. The number of rotatable bonds is 5. The molecule has 2 aromatic rings. The van der Waals surface area contributed by atoms with Crippen molar-refractivity contribution >= 4 is 11.7 Å². The lowest BCUT2D eigenvalue weighted by Crippen LogP contribution is -2.37. The van der Waals surface area contributed by atoms with Crippen molar-refractivity contribution in [2.24, 2.45) is 0 Å². The lowest BCUT2D eigenvalue weighted by Gasteiger charge is -2.13. The number of methoxy groups -OCH3 is 1. The minimum atomic E-state index is -0.252. The van der Waals surface area contributed by atoms with E-state index in [1.165, 1.54) is 0 Å². The van der Waals surface area contributed by atoms with Gasteiger partial charge in [0.2, 0.25) is 0 Å². The Balaban J connectivity index is 1.85. The van der Waals surface area contributed by atoms with E-state index in [9.17, 15) is 4.79 Å². The van der Waals surface area contributed by atoms with Crippen molar-refractivity contribution in [1.82, 2.24) is 5.32 Å². The molecule has 5 nitrogen and oxygen atoms in total. The maximum atomic E-state index is 11.9. The molecule has 1 aromatic carbocycles. The quantitative estimate of drug-likeness (QED) is 0.880. The molecule has 5 heteroatoms. The van der Waals surface area contributed by atoms with Crippen molar-refractivity contribution < 1.29 is 13.9 Å². The van der Waals surface area contributed by atoms with Crippen LogP contribution in [0.5, 0.6) is 5.75 Å². The number of furan rings is 1. The van der Waals surface area contributed by atoms with Crippen molar-refractivity contribution in [3.8, 4) is 5.75 Å². The maximum absolute atomic E-state index is 11.9. The van der Waals surface area contributed by atoms with Crippen LogP contribution in [0.2, 0.25) is 0 Å². The second-order valence-corrected chi connectivity index (χ2v) is 4.51. The van der Waals surface area contributed by atoms with Gasteiger partial charge in [0, 0.05) is 24.2 Å². The Morgan fingerprint density at radius 3 is 2.90 bits per heavy atom. The SMILES string of the molecule is COc1cccc(NC(=O)NC(C)Cc2ccco2)c1. The number of anilines is 1. The van der Waals surface area contributed by atoms with Crippen molar-refractivity contribution in [1.29, 1.82) is 0 Å². The molecule has 2 N–H and O–H groups in total. The molecule has 0 bridgehead atoms. The number of carbonyl (C=O) groups excluding carboxylic acids is 1. The number of ether oxygens (including phenoxy) is 1. The van der Waals surface area contributed by atoms with Crippen LogP contribution >= 0.6 is 0 Å². The smallest absolute Gasteiger partial charge is 0.319 e. The molecular weight excluding hydrogens is 256 g/mol. The fourth-order valence-corrected chi connectivity index (χ4v) is 1.87. The van der Waals surface area contributed by atoms with Gasteiger partial charge in [-0.05, 0) is 31.2 Å². The summed E-state index contributed by atoms with van der Waals surface area (Å²) in [5.41, 5.74) is 0.687. The minimum absolute atomic E-state index is 0.0215. The summed E-state index contributed by atoms with van der Waals surface area (Å²) < 4.78 is 10.3. The van der Waals surface area contributed by atoms with E-state index in [1.54, 1.807) is 25.5 Å². The van der Waals surface area contributed by atoms with Gasteiger partial charge in [-0.25, -0.2) is 4.79 Å². The Morgan fingerprint density at radius 2 is 2.20 bits per heavy atom. The van der Waals surface area contributed by atoms with Crippen molar-refractivity contribution in [3.63, 3.8) is 0 Å². The van der Waals surface area contributed by atoms with E-state index in [1.807, 2.05) is 31.2 Å². The van der Waals surface area contributed by atoms with Gasteiger partial charge in [-0.3, -0.25) is 0 Å². The zero-order chi connectivity index (χ0) is 14.4. The Labute approximate surface area is 117 Å². The Kier molecular flexibility index (Phi) is 4.65. The van der Waals surface area contributed by atoms with E-state index >= 15 is 0 Å². The van der Waals surface area contributed by atoms with Gasteiger partial charge in [-0.15, -0.1) is 0 Å². The van der Waals surface area contributed by atoms with Crippen LogP contribution in [0.4, 0.5) is 10.5 Å². The third kappa shape index (κ3) is 4.05. The predicted molar refractivity (Wildman–Crippen MR) is 77.0 cm³/mol. The molecule has 0 spiro atoms. The average Bonchev–Trinajstić information content (AvgIpc) is 2.91. The van der Waals surface area contributed by atoms with Crippen molar-refractivity contribution in [2.75, 3.05) is 12.4 Å². The first-order chi connectivity index (χ1) is 9.67. The first-order valence-corrected chi connectivity index (χ1v) is 6.41. The number of hydrogen-bond donors (Lipinski definition) is 2. The van der Waals surface area contributed by atoms with Crippen LogP contribution in [0, 0.1) is 0 Å². The highest BCUT2D eigenvalue weighted by atomic mass is 16.5. The largest absolute Gasteiger partial charge is 0.497 e. The molecule has 0 saturated carbocycles. The van der Waals surface area contributed by atoms with Gasteiger partial charge < -0.3 is 19.8 Å². The molecular formula is C15H18N2O3. The molecule has 0 aliphatic heterocycles. The fourth-order valence-electron chi connectivity index (χ4n) is 1.87. The molecule has 0 aliphatic carbocycles. The second-order valence-electron chi connectivity index (χ2n) is 4.51. The topological polar surface area (TPSA) is 63.5 Å². The lowest BCUT2D eigenvalue weighted by atomic mass is 10.2. The van der Waals surface area contributed by atoms with Crippen LogP contribution in [0.1, 0.15) is 12.7 Å². The molecule has 0 saturated heterocycles. The molecule has 106 valence electrons. The molecule has 1 aromatic heterocycles. The summed E-state index contributed by atoms with van der Waals surface area (Å²) in [7, 11) is 1.59. The van der Waals surface area contributed by atoms with Crippen LogP contribution in [0.15, 0.2) is 47.1 Å². The summed E-state index contributed by atoms with van der Waals surface area (Å²) in [6, 6.07) is 10.7. The number of nitrogens with one attached hydrogen (secondary N) is 2. The van der Waals surface area contributed by atoms with E-state index in [4.69, 9.17) is 9.15 Å². The molecule has 0 radical (unpaired) electrons. The summed E-state index contributed by atoms with van der Waals surface area (Å²) in [5, 5.41) is 5.62. The van der Waals surface area contributed by atoms with Gasteiger partial charge in [0.25, 0.3) is 0 Å². The van der Waals surface area contributed by atoms with Crippen molar-refractivity contribution in [3.05, 3.63) is 48.4 Å². The Morgan fingerprint density at radius 1 is 1.35 bits per heavy atom. The van der Waals surface area contributed by atoms with Crippen LogP contribution in [0.3, 0.4) is 0 Å². The molecule has 2 rings (SSSR count). The number of hydrogen-bond acceptors (Lipinski definition) is 3. The first kappa shape index (κ1) is 14.0. The molecule has 20 heavy (non-hydrogen) atoms. The minimum Gasteiger partial charge on any atom is -0.497 e. The maximum Gasteiger partial charge on any atom is 0.319 e. The van der Waals surface area contributed by atoms with E-state index in [2.05, 4.69) is 10.6 Å². The second kappa shape index (κ2) is 6.65. The van der Waals surface area contributed by atoms with Gasteiger partial charge >= 0.3 is 6.03 Å². The third-order valence-corrected chi connectivity index (χ3v) is 2.79. The van der Waals surface area contributed by atoms with Gasteiger partial charge in [0.15, 0.2) is 0 Å². The summed E-state index contributed by atoms with van der Waals surface area (Å²) in [6.45, 7) is 1.92. The summed E-state index contributed by atoms with van der Waals surface area (Å²) in [4.78, 5) is 11.9. The van der Waals surface area contributed by atoms with Crippen LogP contribution in [0.25, 0.3) is 0 Å². The number of carbonyl (C=O) groups is 1. The monoisotopic (exact) mass is 274 g/mol. The number of amides is 2. The van der Waals surface area contributed by atoms with E-state index in [-0.39, 0.29) is 12.1 Å². The average molecular weight is 274 g/mol. The zero-order valence-electron chi connectivity index (χ0n) is 11.6. The molecule has 1 heterocycles. The van der Waals surface area contributed by atoms with E-state index in [0.29, 0.717) is 17.9 Å². The molecule has 1 atom stereocenters. The molecule has 0 fully saturated rings. The normalized spacial score (nSPS) is 11.7. The molecule has 2 amide bonds. The Hall–Kier alpha value is -2.43. The van der Waals surface area contributed by atoms with Crippen LogP contribution in [-0.4, -0.2) is 19.2 Å². The highest BCUT2D eigenvalue weighted by Gasteiger charge is 2.09. The highest BCUT2D eigenvalue weighted by molar-refractivity contribution is 5.89. The standard InChI is InChI=1S/C15H18N2O3/c1-11(9-14-7-4-8-20-14)16-15(18)17-12-5-3-6-13(10-12)19-2/h3-8,10-11H,9H2,1-2H3,(H2,16,17,18). The number of benzene rings is 1.